The van der Waals surface area contributed by atoms with Crippen molar-refractivity contribution in [2.75, 3.05) is 26.7 Å². The van der Waals surface area contributed by atoms with E-state index in [9.17, 15) is 9.90 Å². The Bertz CT molecular complexity index is 394. The van der Waals surface area contributed by atoms with Gasteiger partial charge >= 0.3 is 5.97 Å². The summed E-state index contributed by atoms with van der Waals surface area (Å²) in [6.07, 6.45) is -0.257. The fourth-order valence-electron chi connectivity index (χ4n) is 1.76. The first-order valence-electron chi connectivity index (χ1n) is 6.29. The predicted octanol–water partition coefficient (Wildman–Crippen LogP) is 2.26. The molecule has 4 nitrogen and oxygen atoms in total. The van der Waals surface area contributed by atoms with Gasteiger partial charge in [0.15, 0.2) is 0 Å². The number of benzene rings is 1. The lowest BCUT2D eigenvalue weighted by Gasteiger charge is -2.23. The van der Waals surface area contributed by atoms with Gasteiger partial charge in [-0.2, -0.15) is 0 Å². The van der Waals surface area contributed by atoms with E-state index in [1.807, 2.05) is 11.8 Å². The largest absolute Gasteiger partial charge is 0.469 e. The van der Waals surface area contributed by atoms with Gasteiger partial charge < -0.3 is 14.7 Å². The maximum atomic E-state index is 11.1. The Morgan fingerprint density at radius 2 is 2.05 bits per heavy atom. The number of aliphatic hydroxyl groups excluding tert-OH is 1. The van der Waals surface area contributed by atoms with Crippen LogP contribution < -0.4 is 0 Å². The van der Waals surface area contributed by atoms with Crippen LogP contribution in [0.3, 0.4) is 0 Å². The Balaban J connectivity index is 2.50. The topological polar surface area (TPSA) is 49.8 Å². The van der Waals surface area contributed by atoms with Gasteiger partial charge in [-0.1, -0.05) is 30.7 Å². The van der Waals surface area contributed by atoms with Gasteiger partial charge in [0.05, 0.1) is 19.6 Å². The van der Waals surface area contributed by atoms with Crippen LogP contribution in [0.25, 0.3) is 0 Å². The van der Waals surface area contributed by atoms with Crippen molar-refractivity contribution in [3.8, 4) is 0 Å². The van der Waals surface area contributed by atoms with Crippen molar-refractivity contribution < 1.29 is 14.6 Å². The highest BCUT2D eigenvalue weighted by molar-refractivity contribution is 6.30. The van der Waals surface area contributed by atoms with Crippen LogP contribution in [0, 0.1) is 0 Å². The summed E-state index contributed by atoms with van der Waals surface area (Å²) in [6.45, 7) is 3.82. The van der Waals surface area contributed by atoms with Gasteiger partial charge in [0.2, 0.25) is 0 Å². The zero-order valence-corrected chi connectivity index (χ0v) is 12.1. The van der Waals surface area contributed by atoms with Crippen molar-refractivity contribution in [2.24, 2.45) is 0 Å². The predicted molar refractivity (Wildman–Crippen MR) is 75.2 cm³/mol. The first kappa shape index (κ1) is 16.0. The highest BCUT2D eigenvalue weighted by Crippen LogP contribution is 2.17. The molecule has 5 heteroatoms. The number of hydrogen-bond donors (Lipinski definition) is 1. The van der Waals surface area contributed by atoms with E-state index in [4.69, 9.17) is 11.6 Å². The fourth-order valence-corrected chi connectivity index (χ4v) is 1.89. The monoisotopic (exact) mass is 285 g/mol. The molecule has 1 aromatic carbocycles. The SMILES string of the molecule is CCN(CCC(=O)OC)CC(O)c1ccc(Cl)cc1. The van der Waals surface area contributed by atoms with Gasteiger partial charge in [0, 0.05) is 18.1 Å². The number of nitrogens with zero attached hydrogens (tertiary/aromatic N) is 1. The number of halogens is 1. The highest BCUT2D eigenvalue weighted by Gasteiger charge is 2.13. The molecular weight excluding hydrogens is 266 g/mol. The van der Waals surface area contributed by atoms with Crippen molar-refractivity contribution in [3.63, 3.8) is 0 Å². The lowest BCUT2D eigenvalue weighted by atomic mass is 10.1. The van der Waals surface area contributed by atoms with Gasteiger partial charge in [-0.15, -0.1) is 0 Å². The minimum atomic E-state index is -0.588. The first-order valence-corrected chi connectivity index (χ1v) is 6.67. The molecule has 0 radical (unpaired) electrons. The summed E-state index contributed by atoms with van der Waals surface area (Å²) in [5.41, 5.74) is 0.820. The molecule has 1 rings (SSSR count). The molecule has 0 bridgehead atoms. The second kappa shape index (κ2) is 8.15. The number of rotatable bonds is 7. The van der Waals surface area contributed by atoms with E-state index >= 15 is 0 Å². The smallest absolute Gasteiger partial charge is 0.306 e. The molecule has 1 N–H and O–H groups in total. The van der Waals surface area contributed by atoms with Crippen LogP contribution in [0.1, 0.15) is 25.0 Å². The molecular formula is C14H20ClNO3. The average molecular weight is 286 g/mol. The Hall–Kier alpha value is -1.10. The lowest BCUT2D eigenvalue weighted by Crippen LogP contribution is -2.30. The Labute approximate surface area is 118 Å². The van der Waals surface area contributed by atoms with E-state index in [-0.39, 0.29) is 5.97 Å². The van der Waals surface area contributed by atoms with Crippen LogP contribution >= 0.6 is 11.6 Å². The molecule has 0 spiro atoms. The number of likely N-dealkylation sites (N-methyl/N-ethyl adjacent to an activating group) is 1. The minimum Gasteiger partial charge on any atom is -0.469 e. The maximum absolute atomic E-state index is 11.1. The van der Waals surface area contributed by atoms with Crippen molar-refractivity contribution >= 4 is 17.6 Å². The van der Waals surface area contributed by atoms with E-state index in [1.54, 1.807) is 24.3 Å². The fraction of sp³-hybridized carbons (Fsp3) is 0.500. The third kappa shape index (κ3) is 5.59. The highest BCUT2D eigenvalue weighted by atomic mass is 35.5. The summed E-state index contributed by atoms with van der Waals surface area (Å²) in [7, 11) is 1.38. The molecule has 0 heterocycles. The standard InChI is InChI=1S/C14H20ClNO3/c1-3-16(9-8-14(18)19-2)10-13(17)11-4-6-12(15)7-5-11/h4-7,13,17H,3,8-10H2,1-2H3. The van der Waals surface area contributed by atoms with Gasteiger partial charge in [-0.05, 0) is 24.2 Å². The first-order chi connectivity index (χ1) is 9.06. The molecule has 0 fully saturated rings. The molecule has 19 heavy (non-hydrogen) atoms. The molecule has 0 saturated carbocycles. The molecule has 1 aromatic rings. The summed E-state index contributed by atoms with van der Waals surface area (Å²) >= 11 is 5.81. The normalized spacial score (nSPS) is 12.5. The van der Waals surface area contributed by atoms with Crippen LogP contribution in [0.5, 0.6) is 0 Å². The zero-order valence-electron chi connectivity index (χ0n) is 11.3. The molecule has 1 atom stereocenters. The van der Waals surface area contributed by atoms with E-state index in [0.717, 1.165) is 12.1 Å². The molecule has 0 amide bonds. The number of aliphatic hydroxyl groups is 1. The number of carbonyl (C=O) groups excluding carboxylic acids is 1. The molecule has 0 aliphatic heterocycles. The van der Waals surface area contributed by atoms with Gasteiger partial charge in [0.25, 0.3) is 0 Å². The molecule has 0 aromatic heterocycles. The summed E-state index contributed by atoms with van der Waals surface area (Å²) in [5.74, 6) is -0.237. The van der Waals surface area contributed by atoms with Crippen LogP contribution in [0.4, 0.5) is 0 Å². The molecule has 0 saturated heterocycles. The number of ether oxygens (including phenoxy) is 1. The Morgan fingerprint density at radius 1 is 1.42 bits per heavy atom. The summed E-state index contributed by atoms with van der Waals surface area (Å²) in [5, 5.41) is 10.8. The third-order valence-electron chi connectivity index (χ3n) is 2.99. The second-order valence-electron chi connectivity index (χ2n) is 4.29. The van der Waals surface area contributed by atoms with Crippen LogP contribution in [-0.2, 0) is 9.53 Å². The van der Waals surface area contributed by atoms with E-state index < -0.39 is 6.10 Å². The van der Waals surface area contributed by atoms with E-state index in [2.05, 4.69) is 4.74 Å². The van der Waals surface area contributed by atoms with Crippen molar-refractivity contribution in [1.29, 1.82) is 0 Å². The summed E-state index contributed by atoms with van der Waals surface area (Å²) < 4.78 is 4.61. The molecule has 1 unspecified atom stereocenters. The Kier molecular flexibility index (Phi) is 6.84. The van der Waals surface area contributed by atoms with Crippen molar-refractivity contribution in [3.05, 3.63) is 34.9 Å². The molecule has 0 aliphatic rings. The number of esters is 1. The molecule has 0 aliphatic carbocycles. The minimum absolute atomic E-state index is 0.237. The van der Waals surface area contributed by atoms with Crippen LogP contribution in [0.2, 0.25) is 5.02 Å². The molecule has 106 valence electrons. The van der Waals surface area contributed by atoms with Crippen LogP contribution in [-0.4, -0.2) is 42.7 Å². The maximum Gasteiger partial charge on any atom is 0.306 e. The Morgan fingerprint density at radius 3 is 2.58 bits per heavy atom. The summed E-state index contributed by atoms with van der Waals surface area (Å²) in [6, 6.07) is 7.12. The van der Waals surface area contributed by atoms with Crippen LogP contribution in [0.15, 0.2) is 24.3 Å². The quantitative estimate of drug-likeness (QED) is 0.781. The van der Waals surface area contributed by atoms with Crippen molar-refractivity contribution in [1.82, 2.24) is 4.90 Å². The zero-order chi connectivity index (χ0) is 14.3. The average Bonchev–Trinajstić information content (AvgIpc) is 2.43. The number of methoxy groups -OCH3 is 1. The lowest BCUT2D eigenvalue weighted by molar-refractivity contribution is -0.141. The van der Waals surface area contributed by atoms with Gasteiger partial charge in [-0.25, -0.2) is 0 Å². The third-order valence-corrected chi connectivity index (χ3v) is 3.24. The summed E-state index contributed by atoms with van der Waals surface area (Å²) in [4.78, 5) is 13.1. The van der Waals surface area contributed by atoms with E-state index in [0.29, 0.717) is 24.5 Å². The second-order valence-corrected chi connectivity index (χ2v) is 4.72. The number of hydrogen-bond acceptors (Lipinski definition) is 4. The van der Waals surface area contributed by atoms with Gasteiger partial charge in [0.1, 0.15) is 0 Å². The van der Waals surface area contributed by atoms with Gasteiger partial charge in [-0.3, -0.25) is 4.79 Å². The van der Waals surface area contributed by atoms with Crippen molar-refractivity contribution in [2.45, 2.75) is 19.4 Å². The number of carbonyl (C=O) groups is 1. The van der Waals surface area contributed by atoms with E-state index in [1.165, 1.54) is 7.11 Å².